The Morgan fingerprint density at radius 3 is 2.28 bits per heavy atom. The molecule has 160 valence electrons. The second-order valence-electron chi connectivity index (χ2n) is 9.36. The van der Waals surface area contributed by atoms with E-state index in [9.17, 15) is 9.59 Å². The van der Waals surface area contributed by atoms with E-state index < -0.39 is 6.61 Å². The number of urea groups is 1. The largest absolute Gasteiger partial charge is 0.389 e. The maximum Gasteiger partial charge on any atom is 0.321 e. The molecule has 3 rings (SSSR count). The lowest BCUT2D eigenvalue weighted by Gasteiger charge is -2.51. The lowest BCUT2D eigenvalue weighted by atomic mass is 9.68. The van der Waals surface area contributed by atoms with Gasteiger partial charge < -0.3 is 14.9 Å². The molecule has 0 aromatic heterocycles. The first-order valence-corrected chi connectivity index (χ1v) is 10.7. The first-order valence-electron chi connectivity index (χ1n) is 10.7. The van der Waals surface area contributed by atoms with Gasteiger partial charge in [0.1, 0.15) is 6.61 Å². The summed E-state index contributed by atoms with van der Waals surface area (Å²) in [5.41, 5.74) is 1.06. The summed E-state index contributed by atoms with van der Waals surface area (Å²) >= 11 is 0. The molecule has 2 amide bonds. The monoisotopic (exact) mass is 401 g/mol. The van der Waals surface area contributed by atoms with Gasteiger partial charge in [0.15, 0.2) is 5.78 Å². The van der Waals surface area contributed by atoms with Crippen LogP contribution in [0.15, 0.2) is 30.3 Å². The molecule has 1 spiro atoms. The lowest BCUT2D eigenvalue weighted by Crippen LogP contribution is -2.56. The third-order valence-corrected chi connectivity index (χ3v) is 6.83. The van der Waals surface area contributed by atoms with Crippen molar-refractivity contribution in [1.29, 1.82) is 0 Å². The van der Waals surface area contributed by atoms with E-state index in [2.05, 4.69) is 57.1 Å². The molecule has 1 saturated heterocycles. The fraction of sp³-hybridized carbons (Fsp3) is 0.652. The maximum absolute atomic E-state index is 13.1. The number of hydrogen-bond acceptors (Lipinski definition) is 4. The van der Waals surface area contributed by atoms with Crippen LogP contribution in [0.5, 0.6) is 0 Å². The summed E-state index contributed by atoms with van der Waals surface area (Å²) < 4.78 is 0. The minimum Gasteiger partial charge on any atom is -0.389 e. The summed E-state index contributed by atoms with van der Waals surface area (Å²) in [5, 5.41) is 9.14. The van der Waals surface area contributed by atoms with Gasteiger partial charge in [-0.3, -0.25) is 9.69 Å². The van der Waals surface area contributed by atoms with Crippen LogP contribution in [-0.2, 0) is 10.3 Å². The Hall–Kier alpha value is -1.92. The van der Waals surface area contributed by atoms with E-state index in [4.69, 9.17) is 5.11 Å². The Bertz CT molecular complexity index is 724. The predicted molar refractivity (Wildman–Crippen MR) is 114 cm³/mol. The van der Waals surface area contributed by atoms with Gasteiger partial charge in [0.2, 0.25) is 0 Å². The van der Waals surface area contributed by atoms with Gasteiger partial charge >= 0.3 is 6.03 Å². The van der Waals surface area contributed by atoms with Gasteiger partial charge in [-0.25, -0.2) is 4.79 Å². The summed E-state index contributed by atoms with van der Waals surface area (Å²) in [6.07, 6.45) is 3.74. The number of hydrogen-bond donors (Lipinski definition) is 1. The Morgan fingerprint density at radius 2 is 1.76 bits per heavy atom. The first-order chi connectivity index (χ1) is 13.7. The number of carbonyl (C=O) groups excluding carboxylic acids is 2. The molecule has 6 nitrogen and oxygen atoms in total. The third kappa shape index (κ3) is 4.05. The van der Waals surface area contributed by atoms with Crippen LogP contribution in [0.1, 0.15) is 45.1 Å². The molecule has 1 aliphatic heterocycles. The van der Waals surface area contributed by atoms with Gasteiger partial charge in [0, 0.05) is 18.6 Å². The van der Waals surface area contributed by atoms with Gasteiger partial charge in [-0.2, -0.15) is 0 Å². The van der Waals surface area contributed by atoms with Crippen molar-refractivity contribution in [2.45, 2.75) is 50.6 Å². The zero-order valence-electron chi connectivity index (χ0n) is 18.2. The highest BCUT2D eigenvalue weighted by Crippen LogP contribution is 2.49. The van der Waals surface area contributed by atoms with Crippen molar-refractivity contribution in [2.75, 3.05) is 40.3 Å². The van der Waals surface area contributed by atoms with Gasteiger partial charge in [-0.1, -0.05) is 44.2 Å². The average molecular weight is 402 g/mol. The van der Waals surface area contributed by atoms with Gasteiger partial charge in [0.25, 0.3) is 0 Å². The molecular formula is C23H35N3O3. The second-order valence-corrected chi connectivity index (χ2v) is 9.36. The van der Waals surface area contributed by atoms with Crippen LogP contribution in [0.4, 0.5) is 4.79 Å². The zero-order chi connectivity index (χ0) is 21.2. The molecule has 1 aromatic rings. The number of Topliss-reactive ketones (excluding diaryl/α,β-unsaturated/α-hetero) is 1. The van der Waals surface area contributed by atoms with Crippen LogP contribution in [0.25, 0.3) is 0 Å². The SMILES string of the molecule is CC(C)CN1C(=O)N(CC(=O)CO)CC12CCC(c1ccccc1)(N(C)C)CC2. The summed E-state index contributed by atoms with van der Waals surface area (Å²) in [4.78, 5) is 31.0. The number of ketones is 1. The van der Waals surface area contributed by atoms with E-state index in [0.29, 0.717) is 19.0 Å². The van der Waals surface area contributed by atoms with Gasteiger partial charge in [-0.05, 0) is 51.3 Å². The molecule has 0 radical (unpaired) electrons. The smallest absolute Gasteiger partial charge is 0.321 e. The Kier molecular flexibility index (Phi) is 6.34. The molecule has 0 unspecified atom stereocenters. The van der Waals surface area contributed by atoms with Crippen molar-refractivity contribution in [3.8, 4) is 0 Å². The highest BCUT2D eigenvalue weighted by atomic mass is 16.3. The van der Waals surface area contributed by atoms with Crippen LogP contribution in [0.3, 0.4) is 0 Å². The lowest BCUT2D eigenvalue weighted by molar-refractivity contribution is -0.122. The number of benzene rings is 1. The van der Waals surface area contributed by atoms with E-state index in [-0.39, 0.29) is 29.4 Å². The van der Waals surface area contributed by atoms with Gasteiger partial charge in [0.05, 0.1) is 12.1 Å². The van der Waals surface area contributed by atoms with Crippen molar-refractivity contribution in [2.24, 2.45) is 5.92 Å². The molecule has 2 fully saturated rings. The minimum atomic E-state index is -0.515. The molecular weight excluding hydrogens is 366 g/mol. The Balaban J connectivity index is 1.87. The molecule has 29 heavy (non-hydrogen) atoms. The quantitative estimate of drug-likeness (QED) is 0.763. The topological polar surface area (TPSA) is 64.1 Å². The molecule has 6 heteroatoms. The molecule has 0 atom stereocenters. The summed E-state index contributed by atoms with van der Waals surface area (Å²) in [7, 11) is 4.28. The van der Waals surface area contributed by atoms with Crippen LogP contribution in [-0.4, -0.2) is 77.5 Å². The molecule has 1 aliphatic carbocycles. The number of aliphatic hydroxyl groups excluding tert-OH is 1. The fourth-order valence-corrected chi connectivity index (χ4v) is 5.20. The van der Waals surface area contributed by atoms with Crippen molar-refractivity contribution < 1.29 is 14.7 Å². The number of amides is 2. The third-order valence-electron chi connectivity index (χ3n) is 6.83. The van der Waals surface area contributed by atoms with E-state index in [1.165, 1.54) is 5.56 Å². The van der Waals surface area contributed by atoms with Crippen LogP contribution in [0, 0.1) is 5.92 Å². The zero-order valence-corrected chi connectivity index (χ0v) is 18.2. The molecule has 1 saturated carbocycles. The normalized spacial score (nSPS) is 27.5. The summed E-state index contributed by atoms with van der Waals surface area (Å²) in [5.74, 6) is 0.0570. The van der Waals surface area contributed by atoms with Gasteiger partial charge in [-0.15, -0.1) is 0 Å². The van der Waals surface area contributed by atoms with E-state index in [0.717, 1.165) is 25.7 Å². The first kappa shape index (κ1) is 21.8. The van der Waals surface area contributed by atoms with E-state index in [1.54, 1.807) is 4.90 Å². The summed E-state index contributed by atoms with van der Waals surface area (Å²) in [6.45, 7) is 5.01. The van der Waals surface area contributed by atoms with E-state index in [1.807, 2.05) is 11.0 Å². The van der Waals surface area contributed by atoms with Crippen LogP contribution >= 0.6 is 0 Å². The molecule has 1 aromatic carbocycles. The van der Waals surface area contributed by atoms with Crippen molar-refractivity contribution in [3.05, 3.63) is 35.9 Å². The predicted octanol–water partition coefficient (Wildman–Crippen LogP) is 2.71. The average Bonchev–Trinajstić information content (AvgIpc) is 2.94. The minimum absolute atomic E-state index is 0.00316. The summed E-state index contributed by atoms with van der Waals surface area (Å²) in [6, 6.07) is 10.6. The molecule has 1 N–H and O–H groups in total. The van der Waals surface area contributed by atoms with Crippen LogP contribution < -0.4 is 0 Å². The second kappa shape index (κ2) is 8.44. The number of aliphatic hydroxyl groups is 1. The van der Waals surface area contributed by atoms with Crippen molar-refractivity contribution in [3.63, 3.8) is 0 Å². The number of nitrogens with zero attached hydrogens (tertiary/aromatic N) is 3. The van der Waals surface area contributed by atoms with E-state index >= 15 is 0 Å². The molecule has 2 aliphatic rings. The molecule has 1 heterocycles. The highest BCUT2D eigenvalue weighted by molar-refractivity contribution is 5.87. The number of rotatable bonds is 7. The standard InChI is InChI=1S/C23H35N3O3/c1-18(2)14-26-21(29)25(15-20(28)16-27)17-22(26)10-12-23(13-11-22,24(3)4)19-8-6-5-7-9-19/h5-9,18,27H,10-17H2,1-4H3. The molecule has 0 bridgehead atoms. The van der Waals surface area contributed by atoms with Crippen molar-refractivity contribution >= 4 is 11.8 Å². The highest BCUT2D eigenvalue weighted by Gasteiger charge is 2.54. The Labute approximate surface area is 174 Å². The fourth-order valence-electron chi connectivity index (χ4n) is 5.20. The maximum atomic E-state index is 13.1. The Morgan fingerprint density at radius 1 is 1.14 bits per heavy atom. The van der Waals surface area contributed by atoms with Crippen LogP contribution in [0.2, 0.25) is 0 Å². The number of carbonyl (C=O) groups is 2. The van der Waals surface area contributed by atoms with Crippen molar-refractivity contribution in [1.82, 2.24) is 14.7 Å².